The molecule has 4 aromatic carbocycles. The van der Waals surface area contributed by atoms with Gasteiger partial charge in [-0.2, -0.15) is 0 Å². The summed E-state index contributed by atoms with van der Waals surface area (Å²) in [6.07, 6.45) is 1.44. The summed E-state index contributed by atoms with van der Waals surface area (Å²) < 4.78 is 11.4. The molecule has 1 N–H and O–H groups in total. The normalized spacial score (nSPS) is 11.2. The summed E-state index contributed by atoms with van der Waals surface area (Å²) in [6.45, 7) is 0. The molecule has 0 bridgehead atoms. The summed E-state index contributed by atoms with van der Waals surface area (Å²) in [5, 5.41) is 10.8. The van der Waals surface area contributed by atoms with Crippen LogP contribution in [0.5, 0.6) is 23.0 Å². The monoisotopic (exact) mass is 690 g/mol. The van der Waals surface area contributed by atoms with Gasteiger partial charge in [0.05, 0.1) is 11.1 Å². The van der Waals surface area contributed by atoms with Crippen LogP contribution >= 0.6 is 46.4 Å². The van der Waals surface area contributed by atoms with E-state index in [0.29, 0.717) is 28.4 Å². The molecule has 12 heteroatoms. The van der Waals surface area contributed by atoms with Crippen molar-refractivity contribution in [3.63, 3.8) is 0 Å². The van der Waals surface area contributed by atoms with Crippen LogP contribution in [0.3, 0.4) is 0 Å². The molecule has 230 valence electrons. The van der Waals surface area contributed by atoms with Gasteiger partial charge in [-0.1, -0.05) is 94.9 Å². The Kier molecular flexibility index (Phi) is 11.1. The van der Waals surface area contributed by atoms with Crippen LogP contribution in [0.4, 0.5) is 0 Å². The highest BCUT2D eigenvalue weighted by molar-refractivity contribution is 6.39. The number of benzene rings is 4. The zero-order valence-corrected chi connectivity index (χ0v) is 26.6. The Morgan fingerprint density at radius 3 is 1.39 bits per heavy atom. The number of hydrogen-bond donors (Lipinski definition) is 1. The van der Waals surface area contributed by atoms with Crippen molar-refractivity contribution in [2.24, 2.45) is 0 Å². The fourth-order valence-electron chi connectivity index (χ4n) is 4.06. The first-order valence-electron chi connectivity index (χ1n) is 13.5. The molecule has 8 nitrogen and oxygen atoms in total. The van der Waals surface area contributed by atoms with Gasteiger partial charge in [0.1, 0.15) is 62.4 Å². The molecule has 0 fully saturated rings. The van der Waals surface area contributed by atoms with Crippen LogP contribution in [0, 0.1) is 0 Å². The van der Waals surface area contributed by atoms with Crippen molar-refractivity contribution in [1.29, 1.82) is 0 Å². The van der Waals surface area contributed by atoms with Crippen molar-refractivity contribution < 1.29 is 19.4 Å². The Morgan fingerprint density at radius 1 is 0.543 bits per heavy atom. The largest absolute Gasteiger partial charge is 0.457 e. The quantitative estimate of drug-likeness (QED) is 0.124. The first-order chi connectivity index (χ1) is 22.3. The summed E-state index contributed by atoms with van der Waals surface area (Å²) >= 11 is 23.8. The zero-order chi connectivity index (χ0) is 32.5. The molecule has 0 aliphatic carbocycles. The fraction of sp³-hybridized carbons (Fsp3) is 0.0294. The van der Waals surface area contributed by atoms with Gasteiger partial charge in [-0.3, -0.25) is 4.79 Å². The van der Waals surface area contributed by atoms with E-state index < -0.39 is 6.10 Å². The average molecular weight is 692 g/mol. The van der Waals surface area contributed by atoms with E-state index in [1.165, 1.54) is 12.7 Å². The van der Waals surface area contributed by atoms with Gasteiger partial charge in [-0.25, -0.2) is 19.9 Å². The maximum Gasteiger partial charge on any atom is 0.199 e. The molecule has 0 saturated carbocycles. The van der Waals surface area contributed by atoms with Crippen LogP contribution in [-0.2, 0) is 0 Å². The predicted molar refractivity (Wildman–Crippen MR) is 178 cm³/mol. The van der Waals surface area contributed by atoms with Crippen molar-refractivity contribution in [2.75, 3.05) is 0 Å². The highest BCUT2D eigenvalue weighted by atomic mass is 35.5. The van der Waals surface area contributed by atoms with Crippen molar-refractivity contribution in [3.8, 4) is 23.0 Å². The second kappa shape index (κ2) is 15.6. The number of aliphatic hydroxyl groups is 1. The minimum absolute atomic E-state index is 0.0274. The second-order valence-electron chi connectivity index (χ2n) is 9.35. The van der Waals surface area contributed by atoms with Crippen LogP contribution in [0.1, 0.15) is 33.2 Å². The number of nitrogens with zero attached hydrogens (tertiary/aromatic N) is 4. The maximum atomic E-state index is 12.5. The molecular formula is C34H22Cl4N4O4. The lowest BCUT2D eigenvalue weighted by molar-refractivity contribution is 0.103. The van der Waals surface area contributed by atoms with Crippen molar-refractivity contribution in [3.05, 3.63) is 165 Å². The molecule has 1 atom stereocenters. The summed E-state index contributed by atoms with van der Waals surface area (Å²) in [7, 11) is 0. The Hall–Kier alpha value is -4.57. The number of aromatic nitrogens is 4. The predicted octanol–water partition coefficient (Wildman–Crippen LogP) is 9.46. The molecular weight excluding hydrogens is 670 g/mol. The van der Waals surface area contributed by atoms with Crippen LogP contribution in [-0.4, -0.2) is 30.8 Å². The van der Waals surface area contributed by atoms with E-state index >= 15 is 0 Å². The van der Waals surface area contributed by atoms with E-state index in [0.717, 1.165) is 5.75 Å². The third kappa shape index (κ3) is 8.37. The molecule has 0 aliphatic heterocycles. The number of aliphatic hydroxyl groups excluding tert-OH is 1. The van der Waals surface area contributed by atoms with Crippen LogP contribution in [0.15, 0.2) is 122 Å². The van der Waals surface area contributed by atoms with Gasteiger partial charge in [-0.15, -0.1) is 0 Å². The van der Waals surface area contributed by atoms with Crippen LogP contribution in [0.25, 0.3) is 0 Å². The number of hydrogen-bond acceptors (Lipinski definition) is 8. The molecule has 46 heavy (non-hydrogen) atoms. The number of carbonyl (C=O) groups excluding carboxylic acids is 1. The first-order valence-corrected chi connectivity index (χ1v) is 15.0. The topological polar surface area (TPSA) is 107 Å². The number of para-hydroxylation sites is 2. The minimum atomic E-state index is -1.01. The van der Waals surface area contributed by atoms with E-state index in [1.54, 1.807) is 48.5 Å². The number of halogens is 4. The van der Waals surface area contributed by atoms with Crippen molar-refractivity contribution in [2.45, 2.75) is 6.10 Å². The molecule has 0 aliphatic rings. The van der Waals surface area contributed by atoms with Crippen LogP contribution in [0.2, 0.25) is 20.6 Å². The number of carbonyl (C=O) groups is 1. The molecule has 6 aromatic rings. The van der Waals surface area contributed by atoms with Crippen molar-refractivity contribution in [1.82, 2.24) is 19.9 Å². The van der Waals surface area contributed by atoms with Gasteiger partial charge in [0.2, 0.25) is 0 Å². The average Bonchev–Trinajstić information content (AvgIpc) is 3.06. The Balaban J connectivity index is 0.000000181. The number of rotatable bonds is 8. The number of ether oxygens (including phenoxy) is 2. The molecule has 2 aromatic heterocycles. The summed E-state index contributed by atoms with van der Waals surface area (Å²) in [4.78, 5) is 27.7. The SMILES string of the molecule is O=C(c1ccc(Oc2ccccc2)cc1)c1c(Cl)ncnc1Cl.OC(c1ccc(Oc2ccccc2)cc1)c1c(Cl)ncnc1Cl. The van der Waals surface area contributed by atoms with E-state index in [-0.39, 0.29) is 37.5 Å². The summed E-state index contributed by atoms with van der Waals surface area (Å²) in [5.74, 6) is 2.40. The van der Waals surface area contributed by atoms with E-state index in [9.17, 15) is 9.90 Å². The second-order valence-corrected chi connectivity index (χ2v) is 10.8. The lowest BCUT2D eigenvalue weighted by atomic mass is 10.0. The summed E-state index contributed by atoms with van der Waals surface area (Å²) in [5.41, 5.74) is 1.41. The van der Waals surface area contributed by atoms with E-state index in [1.807, 2.05) is 60.7 Å². The van der Waals surface area contributed by atoms with Gasteiger partial charge in [0, 0.05) is 5.56 Å². The molecule has 0 radical (unpaired) electrons. The molecule has 0 saturated heterocycles. The zero-order valence-electron chi connectivity index (χ0n) is 23.6. The molecule has 0 spiro atoms. The van der Waals surface area contributed by atoms with E-state index in [4.69, 9.17) is 55.9 Å². The maximum absolute atomic E-state index is 12.5. The highest BCUT2D eigenvalue weighted by Crippen LogP contribution is 2.33. The smallest absolute Gasteiger partial charge is 0.199 e. The molecule has 2 heterocycles. The molecule has 6 rings (SSSR count). The fourth-order valence-corrected chi connectivity index (χ4v) is 5.07. The standard InChI is InChI=1S/C17H12Cl2N2O2.C17H10Cl2N2O2/c2*18-16-14(17(19)21-10-20-16)15(22)11-6-8-13(9-7-11)23-12-4-2-1-3-5-12/h1-10,15,22H;1-10H. The Labute approximate surface area is 284 Å². The minimum Gasteiger partial charge on any atom is -0.457 e. The third-order valence-electron chi connectivity index (χ3n) is 6.31. The molecule has 0 amide bonds. The van der Waals surface area contributed by atoms with Crippen LogP contribution < -0.4 is 9.47 Å². The van der Waals surface area contributed by atoms with Gasteiger partial charge >= 0.3 is 0 Å². The Bertz CT molecular complexity index is 1870. The highest BCUT2D eigenvalue weighted by Gasteiger charge is 2.20. The van der Waals surface area contributed by atoms with Gasteiger partial charge in [-0.05, 0) is 66.2 Å². The first kappa shape index (κ1) is 32.8. The lowest BCUT2D eigenvalue weighted by Crippen LogP contribution is -2.05. The van der Waals surface area contributed by atoms with Gasteiger partial charge < -0.3 is 14.6 Å². The van der Waals surface area contributed by atoms with Gasteiger partial charge in [0.15, 0.2) is 5.78 Å². The van der Waals surface area contributed by atoms with E-state index in [2.05, 4.69) is 19.9 Å². The summed E-state index contributed by atoms with van der Waals surface area (Å²) in [6, 6.07) is 32.5. The van der Waals surface area contributed by atoms with Crippen molar-refractivity contribution >= 4 is 52.2 Å². The lowest BCUT2D eigenvalue weighted by Gasteiger charge is -2.14. The third-order valence-corrected chi connectivity index (χ3v) is 7.49. The Morgan fingerprint density at radius 2 is 0.935 bits per heavy atom. The molecule has 1 unspecified atom stereocenters. The number of ketones is 1. The van der Waals surface area contributed by atoms with Gasteiger partial charge in [0.25, 0.3) is 0 Å².